The van der Waals surface area contributed by atoms with Gasteiger partial charge in [0.1, 0.15) is 17.1 Å². The Kier molecular flexibility index (Phi) is 6.24. The molecule has 0 aliphatic carbocycles. The first-order chi connectivity index (χ1) is 12.8. The Morgan fingerprint density at radius 3 is 1.96 bits per heavy atom. The third-order valence-electron chi connectivity index (χ3n) is 3.60. The highest BCUT2D eigenvalue weighted by atomic mass is 19.4. The molecule has 7 heteroatoms. The van der Waals surface area contributed by atoms with Crippen molar-refractivity contribution in [1.82, 2.24) is 0 Å². The third-order valence-corrected chi connectivity index (χ3v) is 3.60. The van der Waals surface area contributed by atoms with E-state index in [0.29, 0.717) is 22.6 Å². The van der Waals surface area contributed by atoms with E-state index in [4.69, 9.17) is 9.47 Å². The molecule has 2 aromatic carbocycles. The Morgan fingerprint density at radius 1 is 0.926 bits per heavy atom. The molecule has 0 atom stereocenters. The molecule has 2 aromatic rings. The van der Waals surface area contributed by atoms with Gasteiger partial charge >= 0.3 is 6.18 Å². The second-order valence-corrected chi connectivity index (χ2v) is 5.39. The normalized spacial score (nSPS) is 10.6. The van der Waals surface area contributed by atoms with Crippen LogP contribution in [-0.4, -0.2) is 32.0 Å². The molecule has 0 N–H and O–H groups in total. The number of ether oxygens (including phenoxy) is 2. The van der Waals surface area contributed by atoms with Crippen LogP contribution in [0.3, 0.4) is 0 Å². The minimum absolute atomic E-state index is 0.00743. The molecule has 0 aliphatic rings. The van der Waals surface area contributed by atoms with Gasteiger partial charge in [-0.1, -0.05) is 30.0 Å². The monoisotopic (exact) mass is 376 g/mol. The standard InChI is InChI=1S/C20H15F3O4/c1-26-17-4-3-5-18(27-2)15(17)11-8-13-6-9-14(10-7-13)16(24)12-19(25)20(21,22)23/h3-7,9-10H,12H2,1-2H3. The first-order valence-corrected chi connectivity index (χ1v) is 7.72. The minimum atomic E-state index is -5.02. The molecular formula is C20H15F3O4. The van der Waals surface area contributed by atoms with Crippen LogP contribution < -0.4 is 9.47 Å². The van der Waals surface area contributed by atoms with Gasteiger partial charge in [-0.3, -0.25) is 9.59 Å². The predicted octanol–water partition coefficient (Wildman–Crippen LogP) is 3.81. The van der Waals surface area contributed by atoms with Crippen LogP contribution in [0.2, 0.25) is 0 Å². The molecule has 4 nitrogen and oxygen atoms in total. The van der Waals surface area contributed by atoms with Gasteiger partial charge in [-0.15, -0.1) is 0 Å². The van der Waals surface area contributed by atoms with E-state index in [0.717, 1.165) is 0 Å². The van der Waals surface area contributed by atoms with Crippen molar-refractivity contribution in [3.8, 4) is 23.3 Å². The molecule has 0 bridgehead atoms. The Morgan fingerprint density at radius 2 is 1.48 bits per heavy atom. The average molecular weight is 376 g/mol. The Balaban J connectivity index is 2.20. The van der Waals surface area contributed by atoms with Gasteiger partial charge < -0.3 is 9.47 Å². The molecule has 0 amide bonds. The number of rotatable bonds is 5. The summed E-state index contributed by atoms with van der Waals surface area (Å²) >= 11 is 0. The number of carbonyl (C=O) groups excluding carboxylic acids is 2. The van der Waals surface area contributed by atoms with Gasteiger partial charge in [-0.25, -0.2) is 0 Å². The molecule has 0 heterocycles. The predicted molar refractivity (Wildman–Crippen MR) is 92.0 cm³/mol. The molecule has 0 spiro atoms. The summed E-state index contributed by atoms with van der Waals surface area (Å²) in [5.74, 6) is 3.87. The number of benzene rings is 2. The van der Waals surface area contributed by atoms with Gasteiger partial charge in [0, 0.05) is 11.1 Å². The first kappa shape index (κ1) is 20.0. The van der Waals surface area contributed by atoms with Crippen molar-refractivity contribution in [2.24, 2.45) is 0 Å². The summed E-state index contributed by atoms with van der Waals surface area (Å²) in [6.07, 6.45) is -6.23. The second-order valence-electron chi connectivity index (χ2n) is 5.39. The van der Waals surface area contributed by atoms with Gasteiger partial charge in [0.15, 0.2) is 5.78 Å². The summed E-state index contributed by atoms with van der Waals surface area (Å²) in [6.45, 7) is 0. The summed E-state index contributed by atoms with van der Waals surface area (Å²) in [5.41, 5.74) is 1.08. The highest BCUT2D eigenvalue weighted by Gasteiger charge is 2.39. The zero-order chi connectivity index (χ0) is 20.0. The fourth-order valence-corrected chi connectivity index (χ4v) is 2.20. The van der Waals surface area contributed by atoms with Crippen LogP contribution in [0, 0.1) is 11.8 Å². The van der Waals surface area contributed by atoms with E-state index in [2.05, 4.69) is 11.8 Å². The number of carbonyl (C=O) groups is 2. The number of alkyl halides is 3. The third kappa shape index (κ3) is 5.11. The summed E-state index contributed by atoms with van der Waals surface area (Å²) < 4.78 is 47.2. The number of halogens is 3. The van der Waals surface area contributed by atoms with Crippen molar-refractivity contribution in [3.05, 3.63) is 59.2 Å². The van der Waals surface area contributed by atoms with Crippen molar-refractivity contribution in [2.45, 2.75) is 12.6 Å². The van der Waals surface area contributed by atoms with Gasteiger partial charge in [0.25, 0.3) is 0 Å². The fourth-order valence-electron chi connectivity index (χ4n) is 2.20. The Hall–Kier alpha value is -3.27. The minimum Gasteiger partial charge on any atom is -0.495 e. The van der Waals surface area contributed by atoms with Crippen molar-refractivity contribution < 1.29 is 32.2 Å². The number of hydrogen-bond acceptors (Lipinski definition) is 4. The van der Waals surface area contributed by atoms with Gasteiger partial charge in [-0.05, 0) is 24.3 Å². The molecule has 0 aromatic heterocycles. The van der Waals surface area contributed by atoms with Crippen molar-refractivity contribution >= 4 is 11.6 Å². The fraction of sp³-hybridized carbons (Fsp3) is 0.200. The van der Waals surface area contributed by atoms with E-state index < -0.39 is 24.2 Å². The first-order valence-electron chi connectivity index (χ1n) is 7.72. The number of ketones is 2. The lowest BCUT2D eigenvalue weighted by molar-refractivity contribution is -0.170. The Labute approximate surface area is 153 Å². The van der Waals surface area contributed by atoms with Gasteiger partial charge in [0.2, 0.25) is 5.78 Å². The molecule has 0 saturated heterocycles. The van der Waals surface area contributed by atoms with Gasteiger partial charge in [-0.2, -0.15) is 13.2 Å². The van der Waals surface area contributed by atoms with Crippen LogP contribution in [0.25, 0.3) is 0 Å². The maximum atomic E-state index is 12.2. The number of Topliss-reactive ketones (excluding diaryl/α,β-unsaturated/α-hetero) is 2. The van der Waals surface area contributed by atoms with E-state index in [9.17, 15) is 22.8 Å². The Bertz CT molecular complexity index is 881. The smallest absolute Gasteiger partial charge is 0.450 e. The maximum Gasteiger partial charge on any atom is 0.450 e. The van der Waals surface area contributed by atoms with E-state index in [1.807, 2.05) is 0 Å². The lowest BCUT2D eigenvalue weighted by Gasteiger charge is -2.07. The van der Waals surface area contributed by atoms with E-state index in [-0.39, 0.29) is 5.56 Å². The lowest BCUT2D eigenvalue weighted by atomic mass is 10.0. The highest BCUT2D eigenvalue weighted by molar-refractivity contribution is 6.09. The zero-order valence-electron chi connectivity index (χ0n) is 14.5. The van der Waals surface area contributed by atoms with Crippen molar-refractivity contribution in [2.75, 3.05) is 14.2 Å². The SMILES string of the molecule is COc1cccc(OC)c1C#Cc1ccc(C(=O)CC(=O)C(F)(F)F)cc1. The molecule has 140 valence electrons. The quantitative estimate of drug-likeness (QED) is 0.452. The van der Waals surface area contributed by atoms with Crippen LogP contribution in [0.15, 0.2) is 42.5 Å². The molecule has 27 heavy (non-hydrogen) atoms. The van der Waals surface area contributed by atoms with E-state index >= 15 is 0 Å². The van der Waals surface area contributed by atoms with Crippen LogP contribution in [-0.2, 0) is 4.79 Å². The molecule has 2 rings (SSSR count). The van der Waals surface area contributed by atoms with Crippen molar-refractivity contribution in [3.63, 3.8) is 0 Å². The topological polar surface area (TPSA) is 52.6 Å². The number of hydrogen-bond donors (Lipinski definition) is 0. The van der Waals surface area contributed by atoms with Crippen LogP contribution in [0.1, 0.15) is 27.9 Å². The molecular weight excluding hydrogens is 361 g/mol. The summed E-state index contributed by atoms with van der Waals surface area (Å²) in [4.78, 5) is 22.7. The van der Waals surface area contributed by atoms with E-state index in [1.165, 1.54) is 38.5 Å². The van der Waals surface area contributed by atoms with Crippen LogP contribution >= 0.6 is 0 Å². The molecule has 0 aliphatic heterocycles. The number of methoxy groups -OCH3 is 2. The summed E-state index contributed by atoms with van der Waals surface area (Å²) in [5, 5.41) is 0. The summed E-state index contributed by atoms with van der Waals surface area (Å²) in [7, 11) is 3.01. The molecule has 0 unspecified atom stereocenters. The molecule has 0 fully saturated rings. The molecule has 0 radical (unpaired) electrons. The van der Waals surface area contributed by atoms with Crippen LogP contribution in [0.4, 0.5) is 13.2 Å². The zero-order valence-corrected chi connectivity index (χ0v) is 14.5. The van der Waals surface area contributed by atoms with Gasteiger partial charge in [0.05, 0.1) is 20.6 Å². The largest absolute Gasteiger partial charge is 0.495 e. The van der Waals surface area contributed by atoms with Crippen molar-refractivity contribution in [1.29, 1.82) is 0 Å². The second kappa shape index (κ2) is 8.41. The molecule has 0 saturated carbocycles. The lowest BCUT2D eigenvalue weighted by Crippen LogP contribution is -2.25. The average Bonchev–Trinajstić information content (AvgIpc) is 2.65. The van der Waals surface area contributed by atoms with E-state index in [1.54, 1.807) is 18.2 Å². The highest BCUT2D eigenvalue weighted by Crippen LogP contribution is 2.27. The van der Waals surface area contributed by atoms with Crippen LogP contribution in [0.5, 0.6) is 11.5 Å². The maximum absolute atomic E-state index is 12.2. The summed E-state index contributed by atoms with van der Waals surface area (Å²) in [6, 6.07) is 10.8.